The standard InChI is InChI=1S/C18H20F3NO/c19-18(20,21)15-4-7-16(8-5-15)22-17-6-3-13-9-12(11-23)1-2-14(13)10-17/h1-3,6,9-10,15-16,22-23H,4-5,7-8,11H2. The molecule has 2 nitrogen and oxygen atoms in total. The summed E-state index contributed by atoms with van der Waals surface area (Å²) in [4.78, 5) is 0. The number of nitrogens with one attached hydrogen (secondary N) is 1. The van der Waals surface area contributed by atoms with Crippen molar-refractivity contribution in [2.24, 2.45) is 5.92 Å². The Kier molecular flexibility index (Phi) is 4.48. The highest BCUT2D eigenvalue weighted by Crippen LogP contribution is 2.38. The predicted octanol–water partition coefficient (Wildman–Crippen LogP) is 4.87. The van der Waals surface area contributed by atoms with E-state index in [2.05, 4.69) is 5.32 Å². The van der Waals surface area contributed by atoms with Gasteiger partial charge in [-0.1, -0.05) is 18.2 Å². The molecule has 2 N–H and O–H groups in total. The maximum absolute atomic E-state index is 12.7. The highest BCUT2D eigenvalue weighted by atomic mass is 19.4. The topological polar surface area (TPSA) is 32.3 Å². The SMILES string of the molecule is OCc1ccc2cc(NC3CCC(C(F)(F)F)CC3)ccc2c1. The Labute approximate surface area is 133 Å². The van der Waals surface area contributed by atoms with Crippen LogP contribution in [0.4, 0.5) is 18.9 Å². The number of alkyl halides is 3. The lowest BCUT2D eigenvalue weighted by Gasteiger charge is -2.31. The number of anilines is 1. The van der Waals surface area contributed by atoms with Crippen molar-refractivity contribution in [1.29, 1.82) is 0 Å². The van der Waals surface area contributed by atoms with E-state index in [9.17, 15) is 13.2 Å². The molecule has 0 bridgehead atoms. The smallest absolute Gasteiger partial charge is 0.391 e. The van der Waals surface area contributed by atoms with Crippen molar-refractivity contribution >= 4 is 16.5 Å². The summed E-state index contributed by atoms with van der Waals surface area (Å²) in [7, 11) is 0. The molecule has 1 fully saturated rings. The van der Waals surface area contributed by atoms with Gasteiger partial charge >= 0.3 is 6.18 Å². The first-order chi connectivity index (χ1) is 11.0. The lowest BCUT2D eigenvalue weighted by molar-refractivity contribution is -0.182. The fraction of sp³-hybridized carbons (Fsp3) is 0.444. The number of aliphatic hydroxyl groups excluding tert-OH is 1. The van der Waals surface area contributed by atoms with Crippen LogP contribution < -0.4 is 5.32 Å². The molecule has 2 aromatic carbocycles. The molecule has 0 unspecified atom stereocenters. The third-order valence-corrected chi connectivity index (χ3v) is 4.65. The van der Waals surface area contributed by atoms with E-state index in [4.69, 9.17) is 5.11 Å². The largest absolute Gasteiger partial charge is 0.392 e. The van der Waals surface area contributed by atoms with Gasteiger partial charge in [-0.2, -0.15) is 13.2 Å². The Hall–Kier alpha value is -1.75. The highest BCUT2D eigenvalue weighted by Gasteiger charge is 2.41. The summed E-state index contributed by atoms with van der Waals surface area (Å²) in [6, 6.07) is 11.8. The van der Waals surface area contributed by atoms with E-state index < -0.39 is 12.1 Å². The number of aliphatic hydroxyl groups is 1. The first-order valence-corrected chi connectivity index (χ1v) is 7.92. The molecule has 0 heterocycles. The summed E-state index contributed by atoms with van der Waals surface area (Å²) in [6.07, 6.45) is -2.56. The van der Waals surface area contributed by atoms with Gasteiger partial charge in [0, 0.05) is 11.7 Å². The predicted molar refractivity (Wildman–Crippen MR) is 85.3 cm³/mol. The molecule has 3 rings (SSSR count). The zero-order valence-corrected chi connectivity index (χ0v) is 12.7. The summed E-state index contributed by atoms with van der Waals surface area (Å²) < 4.78 is 38.1. The minimum Gasteiger partial charge on any atom is -0.392 e. The molecule has 124 valence electrons. The number of hydrogen-bond donors (Lipinski definition) is 2. The van der Waals surface area contributed by atoms with Crippen LogP contribution in [0.3, 0.4) is 0 Å². The molecule has 0 amide bonds. The van der Waals surface area contributed by atoms with Crippen LogP contribution in [0.1, 0.15) is 31.2 Å². The van der Waals surface area contributed by atoms with Gasteiger partial charge in [0.2, 0.25) is 0 Å². The molecule has 0 aromatic heterocycles. The van der Waals surface area contributed by atoms with Crippen LogP contribution in [-0.2, 0) is 6.61 Å². The van der Waals surface area contributed by atoms with Crippen molar-refractivity contribution in [3.63, 3.8) is 0 Å². The lowest BCUT2D eigenvalue weighted by atomic mass is 9.85. The van der Waals surface area contributed by atoms with Gasteiger partial charge in [-0.15, -0.1) is 0 Å². The van der Waals surface area contributed by atoms with Gasteiger partial charge in [0.25, 0.3) is 0 Å². The van der Waals surface area contributed by atoms with Crippen LogP contribution in [-0.4, -0.2) is 17.3 Å². The van der Waals surface area contributed by atoms with Gasteiger partial charge in [0.05, 0.1) is 12.5 Å². The maximum Gasteiger partial charge on any atom is 0.391 e. The molecule has 1 aliphatic carbocycles. The first kappa shape index (κ1) is 16.1. The van der Waals surface area contributed by atoms with E-state index in [1.165, 1.54) is 0 Å². The van der Waals surface area contributed by atoms with Crippen LogP contribution in [0, 0.1) is 5.92 Å². The lowest BCUT2D eigenvalue weighted by Crippen LogP contribution is -2.32. The molecule has 0 aliphatic heterocycles. The van der Waals surface area contributed by atoms with Gasteiger partial charge in [-0.3, -0.25) is 0 Å². The normalized spacial score (nSPS) is 22.3. The Morgan fingerprint density at radius 3 is 2.26 bits per heavy atom. The Morgan fingerprint density at radius 1 is 0.957 bits per heavy atom. The second-order valence-corrected chi connectivity index (χ2v) is 6.29. The minimum absolute atomic E-state index is 0.0123. The van der Waals surface area contributed by atoms with E-state index >= 15 is 0 Å². The Bertz CT molecular complexity index is 676. The number of halogens is 3. The van der Waals surface area contributed by atoms with Crippen molar-refractivity contribution in [3.8, 4) is 0 Å². The molecule has 2 aromatic rings. The second-order valence-electron chi connectivity index (χ2n) is 6.29. The molecule has 0 saturated heterocycles. The van der Waals surface area contributed by atoms with Gasteiger partial charge in [0.1, 0.15) is 0 Å². The Balaban J connectivity index is 1.66. The molecule has 0 atom stereocenters. The molecule has 1 saturated carbocycles. The number of rotatable bonds is 3. The fourth-order valence-corrected chi connectivity index (χ4v) is 3.28. The minimum atomic E-state index is -4.06. The third-order valence-electron chi connectivity index (χ3n) is 4.65. The first-order valence-electron chi connectivity index (χ1n) is 7.92. The van der Waals surface area contributed by atoms with Crippen LogP contribution in [0.25, 0.3) is 10.8 Å². The monoisotopic (exact) mass is 323 g/mol. The molecule has 0 spiro atoms. The van der Waals surface area contributed by atoms with Crippen LogP contribution in [0.2, 0.25) is 0 Å². The van der Waals surface area contributed by atoms with E-state index in [1.54, 1.807) is 0 Å². The van der Waals surface area contributed by atoms with Crippen LogP contribution >= 0.6 is 0 Å². The average molecular weight is 323 g/mol. The molecular weight excluding hydrogens is 303 g/mol. The summed E-state index contributed by atoms with van der Waals surface area (Å²) in [5.41, 5.74) is 1.80. The molecule has 0 radical (unpaired) electrons. The Morgan fingerprint density at radius 2 is 1.61 bits per heavy atom. The third kappa shape index (κ3) is 3.78. The van der Waals surface area contributed by atoms with Crippen molar-refractivity contribution < 1.29 is 18.3 Å². The quantitative estimate of drug-likeness (QED) is 0.845. The summed E-state index contributed by atoms with van der Waals surface area (Å²) in [5, 5.41) is 14.6. The van der Waals surface area contributed by atoms with Gasteiger partial charge in [-0.25, -0.2) is 0 Å². The van der Waals surface area contributed by atoms with Gasteiger partial charge in [0.15, 0.2) is 0 Å². The summed E-state index contributed by atoms with van der Waals surface area (Å²) >= 11 is 0. The van der Waals surface area contributed by atoms with Crippen molar-refractivity contribution in [2.45, 2.75) is 44.5 Å². The average Bonchev–Trinajstić information content (AvgIpc) is 2.54. The van der Waals surface area contributed by atoms with Gasteiger partial charge in [-0.05, 0) is 60.2 Å². The van der Waals surface area contributed by atoms with Crippen LogP contribution in [0.15, 0.2) is 36.4 Å². The van der Waals surface area contributed by atoms with Gasteiger partial charge < -0.3 is 10.4 Å². The maximum atomic E-state index is 12.7. The number of hydrogen-bond acceptors (Lipinski definition) is 2. The summed E-state index contributed by atoms with van der Waals surface area (Å²) in [6.45, 7) is 0.0123. The van der Waals surface area contributed by atoms with Crippen molar-refractivity contribution in [3.05, 3.63) is 42.0 Å². The molecular formula is C18H20F3NO. The second kappa shape index (κ2) is 6.40. The molecule has 1 aliphatic rings. The zero-order chi connectivity index (χ0) is 16.4. The van der Waals surface area contributed by atoms with Crippen molar-refractivity contribution in [2.75, 3.05) is 5.32 Å². The van der Waals surface area contributed by atoms with E-state index in [1.807, 2.05) is 36.4 Å². The highest BCUT2D eigenvalue weighted by molar-refractivity contribution is 5.86. The van der Waals surface area contributed by atoms with E-state index in [-0.39, 0.29) is 25.5 Å². The van der Waals surface area contributed by atoms with E-state index in [0.717, 1.165) is 22.0 Å². The van der Waals surface area contributed by atoms with Crippen LogP contribution in [0.5, 0.6) is 0 Å². The molecule has 5 heteroatoms. The zero-order valence-electron chi connectivity index (χ0n) is 12.7. The number of fused-ring (bicyclic) bond motifs is 1. The van der Waals surface area contributed by atoms with Crippen molar-refractivity contribution in [1.82, 2.24) is 0 Å². The van der Waals surface area contributed by atoms with E-state index in [0.29, 0.717) is 12.8 Å². The fourth-order valence-electron chi connectivity index (χ4n) is 3.28. The molecule has 23 heavy (non-hydrogen) atoms. The summed E-state index contributed by atoms with van der Waals surface area (Å²) in [5.74, 6) is -1.14. The number of benzene rings is 2.